The molecule has 0 aliphatic heterocycles. The summed E-state index contributed by atoms with van der Waals surface area (Å²) in [6.07, 6.45) is 4.94. The van der Waals surface area contributed by atoms with E-state index in [0.717, 1.165) is 33.9 Å². The second-order valence-corrected chi connectivity index (χ2v) is 6.54. The number of benzene rings is 1. The fraction of sp³-hybridized carbons (Fsp3) is 0.375. The van der Waals surface area contributed by atoms with E-state index >= 15 is 0 Å². The molecule has 3 aromatic heterocycles. The largest absolute Gasteiger partial charge is 0.396 e. The summed E-state index contributed by atoms with van der Waals surface area (Å²) in [5, 5.41) is 34.5. The molecule has 0 aliphatic rings. The molecule has 0 saturated carbocycles. The maximum Gasteiger partial charge on any atom is 0.115 e. The first-order valence-electron chi connectivity index (χ1n) is 8.58. The van der Waals surface area contributed by atoms with E-state index in [1.807, 2.05) is 24.5 Å². The molecule has 4 aromatic rings. The summed E-state index contributed by atoms with van der Waals surface area (Å²) in [5.41, 5.74) is 4.62. The average Bonchev–Trinajstić information content (AvgIpc) is 3.44. The minimum atomic E-state index is 0.114. The molecule has 0 aliphatic carbocycles. The third-order valence-electron chi connectivity index (χ3n) is 4.14. The Bertz CT molecular complexity index is 960. The Labute approximate surface area is 158 Å². The molecule has 10 nitrogen and oxygen atoms in total. The number of aryl methyl sites for hydroxylation is 2. The summed E-state index contributed by atoms with van der Waals surface area (Å²) in [5.74, 6) is 0. The number of nitrogens with zero attached hydrogens (tertiary/aromatic N) is 8. The number of aromatic nitrogens is 8. The van der Waals surface area contributed by atoms with Crippen LogP contribution in [0.1, 0.15) is 12.8 Å². The monoisotopic (exact) mass is 386 g/mol. The molecule has 0 atom stereocenters. The van der Waals surface area contributed by atoms with Gasteiger partial charge < -0.3 is 10.2 Å². The predicted octanol–water partition coefficient (Wildman–Crippen LogP) is 0.973. The zero-order chi connectivity index (χ0) is 18.6. The van der Waals surface area contributed by atoms with Gasteiger partial charge in [0.2, 0.25) is 0 Å². The smallest absolute Gasteiger partial charge is 0.115 e. The SMILES string of the molecule is OCCCn1cc(-c2ccc(-c3cn(CCCO)nn3)c3nsnc23)nn1. The summed E-state index contributed by atoms with van der Waals surface area (Å²) in [6, 6.07) is 3.87. The third kappa shape index (κ3) is 3.56. The van der Waals surface area contributed by atoms with Gasteiger partial charge in [0.05, 0.1) is 24.1 Å². The first kappa shape index (κ1) is 17.6. The molecule has 1 aromatic carbocycles. The van der Waals surface area contributed by atoms with Crippen molar-refractivity contribution in [3.8, 4) is 22.5 Å². The average molecular weight is 386 g/mol. The molecular formula is C16H18N8O2S. The Morgan fingerprint density at radius 2 is 1.26 bits per heavy atom. The highest BCUT2D eigenvalue weighted by molar-refractivity contribution is 7.00. The summed E-state index contributed by atoms with van der Waals surface area (Å²) >= 11 is 1.14. The first-order valence-corrected chi connectivity index (χ1v) is 9.31. The molecule has 140 valence electrons. The third-order valence-corrected chi connectivity index (χ3v) is 4.66. The molecule has 4 rings (SSSR count). The summed E-state index contributed by atoms with van der Waals surface area (Å²) in [7, 11) is 0. The molecule has 0 spiro atoms. The summed E-state index contributed by atoms with van der Waals surface area (Å²) < 4.78 is 12.3. The Hall–Kier alpha value is -2.76. The lowest BCUT2D eigenvalue weighted by atomic mass is 10.0. The quantitative estimate of drug-likeness (QED) is 0.458. The van der Waals surface area contributed by atoms with E-state index in [2.05, 4.69) is 29.4 Å². The van der Waals surface area contributed by atoms with Crippen molar-refractivity contribution in [2.45, 2.75) is 25.9 Å². The second-order valence-electron chi connectivity index (χ2n) is 6.01. The van der Waals surface area contributed by atoms with Crippen LogP contribution < -0.4 is 0 Å². The van der Waals surface area contributed by atoms with E-state index in [1.54, 1.807) is 9.36 Å². The van der Waals surface area contributed by atoms with Crippen LogP contribution in [0.3, 0.4) is 0 Å². The van der Waals surface area contributed by atoms with Gasteiger partial charge in [-0.1, -0.05) is 10.4 Å². The van der Waals surface area contributed by atoms with Crippen molar-refractivity contribution < 1.29 is 10.2 Å². The molecule has 0 fully saturated rings. The minimum Gasteiger partial charge on any atom is -0.396 e. The van der Waals surface area contributed by atoms with Gasteiger partial charge in [-0.3, -0.25) is 9.36 Å². The van der Waals surface area contributed by atoms with Crippen LogP contribution in [0.4, 0.5) is 0 Å². The Morgan fingerprint density at radius 1 is 0.778 bits per heavy atom. The lowest BCUT2D eigenvalue weighted by molar-refractivity contribution is 0.276. The van der Waals surface area contributed by atoms with Gasteiger partial charge in [-0.15, -0.1) is 10.2 Å². The van der Waals surface area contributed by atoms with Crippen molar-refractivity contribution in [2.24, 2.45) is 0 Å². The Morgan fingerprint density at radius 3 is 1.70 bits per heavy atom. The normalized spacial score (nSPS) is 11.5. The van der Waals surface area contributed by atoms with E-state index in [4.69, 9.17) is 10.2 Å². The maximum absolute atomic E-state index is 8.95. The topological polar surface area (TPSA) is 128 Å². The van der Waals surface area contributed by atoms with Crippen molar-refractivity contribution in [1.82, 2.24) is 38.7 Å². The van der Waals surface area contributed by atoms with Crippen molar-refractivity contribution in [2.75, 3.05) is 13.2 Å². The van der Waals surface area contributed by atoms with Gasteiger partial charge in [0, 0.05) is 37.4 Å². The van der Waals surface area contributed by atoms with Gasteiger partial charge >= 0.3 is 0 Å². The highest BCUT2D eigenvalue weighted by atomic mass is 32.1. The molecule has 2 N–H and O–H groups in total. The van der Waals surface area contributed by atoms with E-state index in [1.165, 1.54) is 0 Å². The first-order chi connectivity index (χ1) is 13.3. The van der Waals surface area contributed by atoms with Crippen LogP contribution >= 0.6 is 11.7 Å². The fourth-order valence-corrected chi connectivity index (χ4v) is 3.38. The van der Waals surface area contributed by atoms with Crippen molar-refractivity contribution in [3.63, 3.8) is 0 Å². The van der Waals surface area contributed by atoms with Crippen molar-refractivity contribution in [3.05, 3.63) is 24.5 Å². The lowest BCUT2D eigenvalue weighted by Gasteiger charge is -2.01. The van der Waals surface area contributed by atoms with Crippen LogP contribution in [0.25, 0.3) is 33.5 Å². The van der Waals surface area contributed by atoms with Gasteiger partial charge in [0.15, 0.2) is 0 Å². The highest BCUT2D eigenvalue weighted by Gasteiger charge is 2.17. The molecular weight excluding hydrogens is 368 g/mol. The molecule has 11 heteroatoms. The van der Waals surface area contributed by atoms with Gasteiger partial charge in [-0.25, -0.2) is 0 Å². The number of rotatable bonds is 8. The number of hydrogen-bond donors (Lipinski definition) is 2. The van der Waals surface area contributed by atoms with Crippen LogP contribution in [-0.4, -0.2) is 62.2 Å². The lowest BCUT2D eigenvalue weighted by Crippen LogP contribution is -2.00. The van der Waals surface area contributed by atoms with Crippen molar-refractivity contribution in [1.29, 1.82) is 0 Å². The molecule has 27 heavy (non-hydrogen) atoms. The van der Waals surface area contributed by atoms with Crippen LogP contribution in [0.2, 0.25) is 0 Å². The van der Waals surface area contributed by atoms with Gasteiger partial charge in [-0.2, -0.15) is 8.75 Å². The van der Waals surface area contributed by atoms with Gasteiger partial charge in [0.1, 0.15) is 22.4 Å². The number of fused-ring (bicyclic) bond motifs is 1. The Balaban J connectivity index is 1.68. The standard InChI is InChI=1S/C16H18N8O2S/c25-7-1-5-23-9-13(17-21-23)11-3-4-12(16-15(11)19-27-20-16)14-10-24(22-18-14)6-2-8-26/h3-4,9-10,25-26H,1-2,5-8H2. The van der Waals surface area contributed by atoms with Crippen LogP contribution in [0.15, 0.2) is 24.5 Å². The van der Waals surface area contributed by atoms with E-state index < -0.39 is 0 Å². The zero-order valence-electron chi connectivity index (χ0n) is 14.4. The van der Waals surface area contributed by atoms with E-state index in [-0.39, 0.29) is 13.2 Å². The van der Waals surface area contributed by atoms with Crippen LogP contribution in [-0.2, 0) is 13.1 Å². The predicted molar refractivity (Wildman–Crippen MR) is 98.9 cm³/mol. The van der Waals surface area contributed by atoms with Gasteiger partial charge in [-0.05, 0) is 25.0 Å². The summed E-state index contributed by atoms with van der Waals surface area (Å²) in [6.45, 7) is 1.44. The summed E-state index contributed by atoms with van der Waals surface area (Å²) in [4.78, 5) is 0. The molecule has 0 unspecified atom stereocenters. The van der Waals surface area contributed by atoms with Crippen LogP contribution in [0.5, 0.6) is 0 Å². The maximum atomic E-state index is 8.95. The number of aliphatic hydroxyl groups excluding tert-OH is 2. The van der Waals surface area contributed by atoms with Crippen LogP contribution in [0, 0.1) is 0 Å². The van der Waals surface area contributed by atoms with Crippen molar-refractivity contribution >= 4 is 22.8 Å². The zero-order valence-corrected chi connectivity index (χ0v) is 15.2. The molecule has 0 radical (unpaired) electrons. The van der Waals surface area contributed by atoms with Gasteiger partial charge in [0.25, 0.3) is 0 Å². The molecule has 3 heterocycles. The second kappa shape index (κ2) is 7.86. The molecule has 0 bridgehead atoms. The molecule has 0 amide bonds. The highest BCUT2D eigenvalue weighted by Crippen LogP contribution is 2.32. The Kier molecular flexibility index (Phi) is 5.14. The molecule has 0 saturated heterocycles. The van der Waals surface area contributed by atoms with E-state index in [0.29, 0.717) is 37.3 Å². The fourth-order valence-electron chi connectivity index (χ4n) is 2.81. The van der Waals surface area contributed by atoms with E-state index in [9.17, 15) is 0 Å². The number of hydrogen-bond acceptors (Lipinski definition) is 9. The minimum absolute atomic E-state index is 0.114. The number of aliphatic hydroxyl groups is 2.